The molecule has 0 radical (unpaired) electrons. The van der Waals surface area contributed by atoms with Gasteiger partial charge in [0.05, 0.1) is 6.33 Å². The van der Waals surface area contributed by atoms with Gasteiger partial charge in [-0.3, -0.25) is 9.36 Å². The Balaban J connectivity index is 1.44. The van der Waals surface area contributed by atoms with Crippen molar-refractivity contribution in [2.75, 3.05) is 13.1 Å². The zero-order chi connectivity index (χ0) is 17.2. The van der Waals surface area contributed by atoms with E-state index >= 15 is 0 Å². The van der Waals surface area contributed by atoms with E-state index < -0.39 is 0 Å². The molecule has 1 unspecified atom stereocenters. The van der Waals surface area contributed by atoms with Crippen molar-refractivity contribution in [1.82, 2.24) is 34.6 Å². The lowest BCUT2D eigenvalue weighted by Crippen LogP contribution is -2.22. The molecule has 1 saturated heterocycles. The summed E-state index contributed by atoms with van der Waals surface area (Å²) in [6.45, 7) is 6.00. The Morgan fingerprint density at radius 1 is 1.48 bits per heavy atom. The van der Waals surface area contributed by atoms with Crippen LogP contribution in [0, 0.1) is 11.3 Å². The third-order valence-electron chi connectivity index (χ3n) is 5.51. The first-order valence-electron chi connectivity index (χ1n) is 8.17. The summed E-state index contributed by atoms with van der Waals surface area (Å²) in [6.07, 6.45) is 5.04. The molecule has 0 bridgehead atoms. The molecule has 3 aromatic rings. The zero-order valence-electron chi connectivity index (χ0n) is 13.7. The number of piperidine rings is 1. The highest BCUT2D eigenvalue weighted by Crippen LogP contribution is 2.66. The summed E-state index contributed by atoms with van der Waals surface area (Å²) < 4.78 is 8.50. The molecule has 3 atom stereocenters. The van der Waals surface area contributed by atoms with E-state index in [9.17, 15) is 4.79 Å². The van der Waals surface area contributed by atoms with Gasteiger partial charge in [0.2, 0.25) is 5.89 Å². The molecule has 0 amide bonds. The van der Waals surface area contributed by atoms with Crippen molar-refractivity contribution >= 4 is 11.2 Å². The summed E-state index contributed by atoms with van der Waals surface area (Å²) in [5.74, 6) is 1.82. The van der Waals surface area contributed by atoms with Gasteiger partial charge < -0.3 is 14.4 Å². The summed E-state index contributed by atoms with van der Waals surface area (Å²) >= 11 is 0. The van der Waals surface area contributed by atoms with Crippen LogP contribution in [0.15, 0.2) is 34.6 Å². The van der Waals surface area contributed by atoms with Crippen LogP contribution in [0.2, 0.25) is 0 Å². The predicted octanol–water partition coefficient (Wildman–Crippen LogP) is 0.0503. The van der Waals surface area contributed by atoms with Crippen LogP contribution < -0.4 is 10.9 Å². The summed E-state index contributed by atoms with van der Waals surface area (Å²) in [4.78, 5) is 25.4. The summed E-state index contributed by atoms with van der Waals surface area (Å²) in [7, 11) is 1.77. The maximum atomic E-state index is 12.6. The molecule has 4 heterocycles. The van der Waals surface area contributed by atoms with Crippen LogP contribution >= 0.6 is 0 Å². The van der Waals surface area contributed by atoms with Crippen LogP contribution in [0.4, 0.5) is 0 Å². The fourth-order valence-corrected chi connectivity index (χ4v) is 4.09. The lowest BCUT2D eigenvalue weighted by Gasteiger charge is -2.06. The van der Waals surface area contributed by atoms with Crippen LogP contribution in [-0.4, -0.2) is 42.3 Å². The molecule has 0 aromatic carbocycles. The number of nitrogens with zero attached hydrogens (tertiary/aromatic N) is 6. The van der Waals surface area contributed by atoms with Gasteiger partial charge in [0.15, 0.2) is 17.0 Å². The van der Waals surface area contributed by atoms with Gasteiger partial charge in [-0.2, -0.15) is 4.98 Å². The fraction of sp³-hybridized carbons (Fsp3) is 0.438. The van der Waals surface area contributed by atoms with Gasteiger partial charge in [0.25, 0.3) is 5.56 Å². The minimum Gasteiger partial charge on any atom is -0.337 e. The van der Waals surface area contributed by atoms with E-state index in [0.717, 1.165) is 13.1 Å². The lowest BCUT2D eigenvalue weighted by molar-refractivity contribution is 0.362. The Hall–Kier alpha value is -2.81. The van der Waals surface area contributed by atoms with Gasteiger partial charge in [-0.1, -0.05) is 11.2 Å². The van der Waals surface area contributed by atoms with E-state index in [-0.39, 0.29) is 23.4 Å². The van der Waals surface area contributed by atoms with Crippen LogP contribution in [0.25, 0.3) is 11.2 Å². The number of fused-ring (bicyclic) bond motifs is 2. The number of hydrogen-bond acceptors (Lipinski definition) is 7. The molecular formula is C16H17N7O2. The second kappa shape index (κ2) is 4.85. The third-order valence-corrected chi connectivity index (χ3v) is 5.51. The topological polar surface area (TPSA) is 104 Å². The van der Waals surface area contributed by atoms with E-state index in [4.69, 9.17) is 4.52 Å². The fourth-order valence-electron chi connectivity index (χ4n) is 4.09. The molecule has 2 fully saturated rings. The molecule has 2 aliphatic rings. The number of aromatic nitrogens is 6. The standard InChI is InChI=1S/C16H17N7O2/c1-3-16-6-17-4-9(16)11(16)13-20-10(25-21-13)5-23-8-19-14-12(15(23)24)22(2)7-18-14/h3,7-9,11,17H,1,4-6H2,2H3/t9?,11-,16+/m1/s1. The van der Waals surface area contributed by atoms with Crippen LogP contribution in [0.3, 0.4) is 0 Å². The van der Waals surface area contributed by atoms with E-state index in [2.05, 4.69) is 32.0 Å². The minimum atomic E-state index is -0.181. The van der Waals surface area contributed by atoms with Crippen molar-refractivity contribution in [2.45, 2.75) is 12.5 Å². The first kappa shape index (κ1) is 14.5. The molecule has 9 heteroatoms. The van der Waals surface area contributed by atoms with Crippen molar-refractivity contribution in [1.29, 1.82) is 0 Å². The lowest BCUT2D eigenvalue weighted by atomic mass is 10.0. The van der Waals surface area contributed by atoms with Crippen LogP contribution in [-0.2, 0) is 13.6 Å². The Kier molecular flexibility index (Phi) is 2.82. The predicted molar refractivity (Wildman–Crippen MR) is 87.9 cm³/mol. The zero-order valence-corrected chi connectivity index (χ0v) is 13.7. The summed E-state index contributed by atoms with van der Waals surface area (Å²) in [6, 6.07) is 0. The first-order valence-corrected chi connectivity index (χ1v) is 8.17. The molecule has 25 heavy (non-hydrogen) atoms. The molecule has 1 N–H and O–H groups in total. The van der Waals surface area contributed by atoms with Crippen molar-refractivity contribution in [3.63, 3.8) is 0 Å². The Morgan fingerprint density at radius 3 is 3.12 bits per heavy atom. The van der Waals surface area contributed by atoms with Gasteiger partial charge in [0.1, 0.15) is 12.9 Å². The van der Waals surface area contributed by atoms with Gasteiger partial charge in [-0.25, -0.2) is 9.97 Å². The molecule has 3 aromatic heterocycles. The summed E-state index contributed by atoms with van der Waals surface area (Å²) in [5.41, 5.74) is 0.754. The second-order valence-electron chi connectivity index (χ2n) is 6.78. The Bertz CT molecular complexity index is 1050. The number of nitrogens with one attached hydrogen (secondary N) is 1. The molecule has 0 spiro atoms. The van der Waals surface area contributed by atoms with Crippen molar-refractivity contribution in [3.8, 4) is 0 Å². The normalized spacial score (nSPS) is 27.6. The van der Waals surface area contributed by atoms with Crippen molar-refractivity contribution < 1.29 is 4.52 Å². The van der Waals surface area contributed by atoms with Gasteiger partial charge in [-0.15, -0.1) is 6.58 Å². The second-order valence-corrected chi connectivity index (χ2v) is 6.78. The van der Waals surface area contributed by atoms with Gasteiger partial charge in [0, 0.05) is 24.9 Å². The monoisotopic (exact) mass is 339 g/mol. The Labute approximate surface area is 142 Å². The minimum absolute atomic E-state index is 0.0488. The number of rotatable bonds is 4. The molecule has 128 valence electrons. The molecule has 1 saturated carbocycles. The first-order chi connectivity index (χ1) is 12.1. The molecule has 1 aliphatic carbocycles. The van der Waals surface area contributed by atoms with Crippen LogP contribution in [0.1, 0.15) is 17.6 Å². The largest absolute Gasteiger partial charge is 0.337 e. The van der Waals surface area contributed by atoms with E-state index in [1.54, 1.807) is 17.9 Å². The SMILES string of the molecule is C=C[C@]12CNCC1[C@@H]2c1noc(Cn2cnc3ncn(C)c3c2=O)n1. The van der Waals surface area contributed by atoms with Crippen LogP contribution in [0.5, 0.6) is 0 Å². The number of imidazole rings is 1. The highest BCUT2D eigenvalue weighted by atomic mass is 16.5. The summed E-state index contributed by atoms with van der Waals surface area (Å²) in [5, 5.41) is 7.50. The molecule has 9 nitrogen and oxygen atoms in total. The molecular weight excluding hydrogens is 322 g/mol. The number of aryl methyl sites for hydroxylation is 1. The van der Waals surface area contributed by atoms with Gasteiger partial charge in [-0.05, 0) is 12.5 Å². The van der Waals surface area contributed by atoms with Gasteiger partial charge >= 0.3 is 0 Å². The van der Waals surface area contributed by atoms with E-state index in [0.29, 0.717) is 28.8 Å². The van der Waals surface area contributed by atoms with E-state index in [1.807, 2.05) is 6.08 Å². The molecule has 1 aliphatic heterocycles. The highest BCUT2D eigenvalue weighted by molar-refractivity contribution is 5.68. The average molecular weight is 339 g/mol. The average Bonchev–Trinajstić information content (AvgIpc) is 3.08. The maximum absolute atomic E-state index is 12.6. The van der Waals surface area contributed by atoms with E-state index in [1.165, 1.54) is 10.9 Å². The van der Waals surface area contributed by atoms with Crippen molar-refractivity contribution in [2.24, 2.45) is 18.4 Å². The maximum Gasteiger partial charge on any atom is 0.280 e. The smallest absolute Gasteiger partial charge is 0.280 e. The quantitative estimate of drug-likeness (QED) is 0.670. The third kappa shape index (κ3) is 1.89. The van der Waals surface area contributed by atoms with Crippen molar-refractivity contribution in [3.05, 3.63) is 47.4 Å². The Morgan fingerprint density at radius 2 is 2.32 bits per heavy atom. The highest BCUT2D eigenvalue weighted by Gasteiger charge is 2.67. The number of hydrogen-bond donors (Lipinski definition) is 1. The molecule has 5 rings (SSSR count).